The van der Waals surface area contributed by atoms with E-state index in [1.165, 1.54) is 0 Å². The molecule has 1 fully saturated rings. The monoisotopic (exact) mass is 200 g/mol. The Hall–Kier alpha value is -0.610. The third-order valence-electron chi connectivity index (χ3n) is 2.48. The third-order valence-corrected chi connectivity index (χ3v) is 2.48. The van der Waals surface area contributed by atoms with Gasteiger partial charge in [0.1, 0.15) is 0 Å². The van der Waals surface area contributed by atoms with Gasteiger partial charge in [-0.05, 0) is 32.6 Å². The highest BCUT2D eigenvalue weighted by Gasteiger charge is 2.23. The van der Waals surface area contributed by atoms with Crippen LogP contribution in [0.3, 0.4) is 0 Å². The minimum atomic E-state index is -0.773. The van der Waals surface area contributed by atoms with Gasteiger partial charge >= 0.3 is 0 Å². The zero-order valence-electron chi connectivity index (χ0n) is 9.01. The Morgan fingerprint density at radius 3 is 2.57 bits per heavy atom. The zero-order valence-corrected chi connectivity index (χ0v) is 9.01. The summed E-state index contributed by atoms with van der Waals surface area (Å²) in [7, 11) is 0. The maximum atomic E-state index is 11.4. The van der Waals surface area contributed by atoms with E-state index >= 15 is 0 Å². The van der Waals surface area contributed by atoms with Crippen LogP contribution < -0.4 is 11.1 Å². The fourth-order valence-corrected chi connectivity index (χ4v) is 1.42. The predicted molar refractivity (Wildman–Crippen MR) is 54.8 cm³/mol. The van der Waals surface area contributed by atoms with Crippen molar-refractivity contribution < 1.29 is 9.53 Å². The van der Waals surface area contributed by atoms with Crippen molar-refractivity contribution in [1.82, 2.24) is 5.32 Å². The highest BCUT2D eigenvalue weighted by molar-refractivity contribution is 5.84. The zero-order chi connectivity index (χ0) is 10.6. The molecule has 0 spiro atoms. The molecule has 0 atom stereocenters. The van der Waals surface area contributed by atoms with Gasteiger partial charge in [0.25, 0.3) is 0 Å². The van der Waals surface area contributed by atoms with Gasteiger partial charge in [0.15, 0.2) is 0 Å². The van der Waals surface area contributed by atoms with E-state index in [2.05, 4.69) is 5.32 Å². The van der Waals surface area contributed by atoms with E-state index in [1.807, 2.05) is 0 Å². The van der Waals surface area contributed by atoms with Crippen LogP contribution in [0.25, 0.3) is 0 Å². The van der Waals surface area contributed by atoms with Crippen molar-refractivity contribution in [3.63, 3.8) is 0 Å². The Labute approximate surface area is 85.2 Å². The lowest BCUT2D eigenvalue weighted by Crippen LogP contribution is -2.50. The molecule has 0 aliphatic carbocycles. The van der Waals surface area contributed by atoms with Crippen LogP contribution in [0, 0.1) is 5.92 Å². The summed E-state index contributed by atoms with van der Waals surface area (Å²) in [5, 5.41) is 2.87. The van der Waals surface area contributed by atoms with Crippen molar-refractivity contribution in [2.24, 2.45) is 11.7 Å². The first-order valence-electron chi connectivity index (χ1n) is 5.15. The molecule has 0 aromatic rings. The number of hydrogen-bond donors (Lipinski definition) is 2. The molecule has 1 amide bonds. The Kier molecular flexibility index (Phi) is 3.89. The van der Waals surface area contributed by atoms with Gasteiger partial charge in [-0.2, -0.15) is 0 Å². The lowest BCUT2D eigenvalue weighted by Gasteiger charge is -2.24. The number of rotatable bonds is 3. The van der Waals surface area contributed by atoms with Crippen molar-refractivity contribution in [2.75, 3.05) is 19.8 Å². The van der Waals surface area contributed by atoms with Crippen LogP contribution in [-0.2, 0) is 9.53 Å². The first kappa shape index (κ1) is 11.5. The summed E-state index contributed by atoms with van der Waals surface area (Å²) in [5.41, 5.74) is 4.89. The molecule has 0 aromatic carbocycles. The van der Waals surface area contributed by atoms with Crippen molar-refractivity contribution in [3.05, 3.63) is 0 Å². The summed E-state index contributed by atoms with van der Waals surface area (Å²) in [6.45, 7) is 5.78. The normalized spacial score (nSPS) is 19.4. The van der Waals surface area contributed by atoms with Crippen LogP contribution >= 0.6 is 0 Å². The summed E-state index contributed by atoms with van der Waals surface area (Å²) in [6.07, 6.45) is 2.07. The van der Waals surface area contributed by atoms with Crippen LogP contribution in [0.15, 0.2) is 0 Å². The van der Waals surface area contributed by atoms with E-state index in [4.69, 9.17) is 10.5 Å². The van der Waals surface area contributed by atoms with Crippen molar-refractivity contribution in [3.8, 4) is 0 Å². The molecule has 3 N–H and O–H groups in total. The van der Waals surface area contributed by atoms with E-state index in [9.17, 15) is 4.79 Å². The molecule has 4 heteroatoms. The average molecular weight is 200 g/mol. The number of nitrogens with two attached hydrogens (primary N) is 1. The van der Waals surface area contributed by atoms with Gasteiger partial charge in [0, 0.05) is 19.8 Å². The highest BCUT2D eigenvalue weighted by Crippen LogP contribution is 2.13. The van der Waals surface area contributed by atoms with Crippen LogP contribution in [0.4, 0.5) is 0 Å². The van der Waals surface area contributed by atoms with Crippen LogP contribution in [0.2, 0.25) is 0 Å². The highest BCUT2D eigenvalue weighted by atomic mass is 16.5. The van der Waals surface area contributed by atoms with Gasteiger partial charge in [-0.1, -0.05) is 0 Å². The quantitative estimate of drug-likeness (QED) is 0.687. The molecule has 14 heavy (non-hydrogen) atoms. The van der Waals surface area contributed by atoms with Crippen molar-refractivity contribution in [1.29, 1.82) is 0 Å². The van der Waals surface area contributed by atoms with Gasteiger partial charge in [-0.3, -0.25) is 4.79 Å². The Balaban J connectivity index is 2.22. The first-order chi connectivity index (χ1) is 6.50. The number of ether oxygens (including phenoxy) is 1. The maximum absolute atomic E-state index is 11.4. The molecule has 1 aliphatic heterocycles. The van der Waals surface area contributed by atoms with E-state index in [0.717, 1.165) is 32.6 Å². The number of carbonyl (C=O) groups excluding carboxylic acids is 1. The fourth-order valence-electron chi connectivity index (χ4n) is 1.42. The lowest BCUT2D eigenvalue weighted by atomic mass is 9.99. The number of carbonyl (C=O) groups is 1. The summed E-state index contributed by atoms with van der Waals surface area (Å²) in [6, 6.07) is 0. The molecule has 82 valence electrons. The third kappa shape index (κ3) is 3.64. The summed E-state index contributed by atoms with van der Waals surface area (Å²) >= 11 is 0. The number of hydrogen-bond acceptors (Lipinski definition) is 3. The molecule has 4 nitrogen and oxygen atoms in total. The van der Waals surface area contributed by atoms with Crippen molar-refractivity contribution >= 4 is 5.91 Å². The van der Waals surface area contributed by atoms with Crippen LogP contribution in [0.1, 0.15) is 26.7 Å². The minimum absolute atomic E-state index is 0.0796. The molecule has 0 radical (unpaired) electrons. The number of nitrogens with one attached hydrogen (secondary N) is 1. The summed E-state index contributed by atoms with van der Waals surface area (Å²) in [4.78, 5) is 11.4. The Morgan fingerprint density at radius 2 is 2.07 bits per heavy atom. The Morgan fingerprint density at radius 1 is 1.50 bits per heavy atom. The largest absolute Gasteiger partial charge is 0.381 e. The van der Waals surface area contributed by atoms with Gasteiger partial charge in [0.05, 0.1) is 5.54 Å². The standard InChI is InChI=1S/C10H20N2O2/c1-10(2,11)9(13)12-7-8-3-5-14-6-4-8/h8H,3-7,11H2,1-2H3,(H,12,13). The van der Waals surface area contributed by atoms with E-state index < -0.39 is 5.54 Å². The maximum Gasteiger partial charge on any atom is 0.239 e. The molecule has 0 saturated carbocycles. The summed E-state index contributed by atoms with van der Waals surface area (Å²) in [5.74, 6) is 0.471. The van der Waals surface area contributed by atoms with Gasteiger partial charge in [0.2, 0.25) is 5.91 Å². The molecular weight excluding hydrogens is 180 g/mol. The first-order valence-corrected chi connectivity index (χ1v) is 5.15. The smallest absolute Gasteiger partial charge is 0.239 e. The predicted octanol–water partition coefficient (Wildman–Crippen LogP) is 0.267. The van der Waals surface area contributed by atoms with Crippen LogP contribution in [0.5, 0.6) is 0 Å². The molecule has 0 aromatic heterocycles. The van der Waals surface area contributed by atoms with Gasteiger partial charge < -0.3 is 15.8 Å². The second kappa shape index (κ2) is 4.75. The second-order valence-corrected chi connectivity index (χ2v) is 4.49. The van der Waals surface area contributed by atoms with Gasteiger partial charge in [-0.25, -0.2) is 0 Å². The average Bonchev–Trinajstić information content (AvgIpc) is 2.14. The number of amides is 1. The Bertz CT molecular complexity index is 193. The molecule has 1 rings (SSSR count). The van der Waals surface area contributed by atoms with Crippen molar-refractivity contribution in [2.45, 2.75) is 32.2 Å². The second-order valence-electron chi connectivity index (χ2n) is 4.49. The lowest BCUT2D eigenvalue weighted by molar-refractivity contribution is -0.125. The molecule has 1 saturated heterocycles. The minimum Gasteiger partial charge on any atom is -0.381 e. The molecule has 1 aliphatic rings. The van der Waals surface area contributed by atoms with E-state index in [0.29, 0.717) is 5.92 Å². The van der Waals surface area contributed by atoms with E-state index in [-0.39, 0.29) is 5.91 Å². The molecule has 1 heterocycles. The SMILES string of the molecule is CC(C)(N)C(=O)NCC1CCOCC1. The van der Waals surface area contributed by atoms with Crippen LogP contribution in [-0.4, -0.2) is 31.2 Å². The van der Waals surface area contributed by atoms with E-state index in [1.54, 1.807) is 13.8 Å². The molecule has 0 unspecified atom stereocenters. The van der Waals surface area contributed by atoms with Gasteiger partial charge in [-0.15, -0.1) is 0 Å². The molecular formula is C10H20N2O2. The fraction of sp³-hybridized carbons (Fsp3) is 0.900. The topological polar surface area (TPSA) is 64.4 Å². The molecule has 0 bridgehead atoms. The summed E-state index contributed by atoms with van der Waals surface area (Å²) < 4.78 is 5.24.